The molecule has 10 heteroatoms. The molecule has 2 amide bonds. The lowest BCUT2D eigenvalue weighted by Gasteiger charge is -2.12. The molecule has 162 valence electrons. The highest BCUT2D eigenvalue weighted by atomic mass is 32.2. The summed E-state index contributed by atoms with van der Waals surface area (Å²) in [5, 5.41) is 4.00. The van der Waals surface area contributed by atoms with E-state index in [4.69, 9.17) is 0 Å². The number of amides is 2. The van der Waals surface area contributed by atoms with Crippen molar-refractivity contribution in [1.82, 2.24) is 5.32 Å². The van der Waals surface area contributed by atoms with Gasteiger partial charge >= 0.3 is 6.18 Å². The van der Waals surface area contributed by atoms with Gasteiger partial charge in [-0.2, -0.15) is 13.2 Å². The number of hydrogen-bond donors (Lipinski definition) is 2. The molecule has 0 saturated carbocycles. The molecule has 0 aliphatic carbocycles. The summed E-state index contributed by atoms with van der Waals surface area (Å²) in [6.07, 6.45) is -3.69. The first-order valence-corrected chi connectivity index (χ1v) is 10.9. The van der Waals surface area contributed by atoms with E-state index in [0.717, 1.165) is 5.56 Å². The highest BCUT2D eigenvalue weighted by molar-refractivity contribution is 7.92. The SMILES string of the molecule is O=C(CS(=O)(=O)CCCc1ccccc1)Nc1ccccc1C(=O)NCC(F)(F)F. The van der Waals surface area contributed by atoms with Crippen LogP contribution >= 0.6 is 0 Å². The van der Waals surface area contributed by atoms with Gasteiger partial charge in [0.15, 0.2) is 9.84 Å². The Hall–Kier alpha value is -2.88. The minimum absolute atomic E-state index is 0.0679. The quantitative estimate of drug-likeness (QED) is 0.625. The Morgan fingerprint density at radius 2 is 1.57 bits per heavy atom. The second kappa shape index (κ2) is 10.2. The number of hydrogen-bond acceptors (Lipinski definition) is 4. The topological polar surface area (TPSA) is 92.3 Å². The van der Waals surface area contributed by atoms with Gasteiger partial charge in [0, 0.05) is 0 Å². The minimum atomic E-state index is -4.58. The van der Waals surface area contributed by atoms with Crippen molar-refractivity contribution in [3.8, 4) is 0 Å². The highest BCUT2D eigenvalue weighted by Gasteiger charge is 2.28. The first kappa shape index (κ1) is 23.4. The van der Waals surface area contributed by atoms with Gasteiger partial charge in [-0.1, -0.05) is 42.5 Å². The third kappa shape index (κ3) is 8.24. The van der Waals surface area contributed by atoms with Gasteiger partial charge in [0.25, 0.3) is 5.91 Å². The minimum Gasteiger partial charge on any atom is -0.343 e. The summed E-state index contributed by atoms with van der Waals surface area (Å²) in [6.45, 7) is -1.52. The Labute approximate surface area is 172 Å². The molecule has 2 N–H and O–H groups in total. The zero-order chi connectivity index (χ0) is 22.2. The molecule has 0 fully saturated rings. The maximum Gasteiger partial charge on any atom is 0.405 e. The van der Waals surface area contributed by atoms with Gasteiger partial charge < -0.3 is 10.6 Å². The van der Waals surface area contributed by atoms with Crippen LogP contribution in [0.15, 0.2) is 54.6 Å². The maximum absolute atomic E-state index is 12.3. The van der Waals surface area contributed by atoms with Crippen molar-refractivity contribution >= 4 is 27.3 Å². The van der Waals surface area contributed by atoms with E-state index < -0.39 is 40.1 Å². The fourth-order valence-corrected chi connectivity index (χ4v) is 3.87. The lowest BCUT2D eigenvalue weighted by Crippen LogP contribution is -2.34. The average Bonchev–Trinajstić information content (AvgIpc) is 2.66. The van der Waals surface area contributed by atoms with Crippen LogP contribution < -0.4 is 10.6 Å². The molecule has 2 rings (SSSR count). The van der Waals surface area contributed by atoms with Crippen LogP contribution in [0.5, 0.6) is 0 Å². The Balaban J connectivity index is 1.93. The third-order valence-electron chi connectivity index (χ3n) is 4.01. The molecule has 0 heterocycles. The van der Waals surface area contributed by atoms with Crippen LogP contribution in [0.1, 0.15) is 22.3 Å². The standard InChI is InChI=1S/C20H21F3N2O4S/c21-20(22,23)14-24-19(27)16-10-4-5-11-17(16)25-18(26)13-30(28,29)12-6-9-15-7-2-1-3-8-15/h1-5,7-8,10-11H,6,9,12-14H2,(H,24,27)(H,25,26). The molecule has 0 atom stereocenters. The number of anilines is 1. The molecule has 0 unspecified atom stereocenters. The summed E-state index contributed by atoms with van der Waals surface area (Å²) in [7, 11) is -3.70. The Bertz CT molecular complexity index is 977. The molecule has 0 spiro atoms. The van der Waals surface area contributed by atoms with Crippen molar-refractivity contribution in [2.24, 2.45) is 0 Å². The predicted molar refractivity (Wildman–Crippen MR) is 107 cm³/mol. The van der Waals surface area contributed by atoms with Crippen LogP contribution in [0.2, 0.25) is 0 Å². The van der Waals surface area contributed by atoms with E-state index in [2.05, 4.69) is 5.32 Å². The van der Waals surface area contributed by atoms with Gasteiger partial charge in [0.1, 0.15) is 12.3 Å². The molecule has 0 saturated heterocycles. The number of rotatable bonds is 9. The summed E-state index contributed by atoms with van der Waals surface area (Å²) in [4.78, 5) is 24.1. The number of alkyl halides is 3. The second-order valence-corrected chi connectivity index (χ2v) is 8.76. The fourth-order valence-electron chi connectivity index (χ4n) is 2.66. The number of nitrogens with one attached hydrogen (secondary N) is 2. The number of halogens is 3. The first-order chi connectivity index (χ1) is 14.1. The molecule has 0 radical (unpaired) electrons. The molecular formula is C20H21F3N2O4S. The number of benzene rings is 2. The molecule has 0 aromatic heterocycles. The summed E-state index contributed by atoms with van der Waals surface area (Å²) >= 11 is 0. The third-order valence-corrected chi connectivity index (χ3v) is 5.62. The van der Waals surface area contributed by atoms with E-state index in [1.807, 2.05) is 30.3 Å². The summed E-state index contributed by atoms with van der Waals surface area (Å²) < 4.78 is 61.2. The molecule has 0 bridgehead atoms. The van der Waals surface area contributed by atoms with Crippen LogP contribution in [-0.2, 0) is 21.1 Å². The molecule has 2 aromatic rings. The van der Waals surface area contributed by atoms with Crippen molar-refractivity contribution in [2.45, 2.75) is 19.0 Å². The van der Waals surface area contributed by atoms with Crippen molar-refractivity contribution in [3.63, 3.8) is 0 Å². The van der Waals surface area contributed by atoms with E-state index in [9.17, 15) is 31.2 Å². The van der Waals surface area contributed by atoms with E-state index >= 15 is 0 Å². The number of aryl methyl sites for hydroxylation is 1. The Kier molecular flexibility index (Phi) is 7.99. The zero-order valence-electron chi connectivity index (χ0n) is 15.9. The van der Waals surface area contributed by atoms with Crippen LogP contribution in [0, 0.1) is 0 Å². The molecular weight excluding hydrogens is 421 g/mol. The Morgan fingerprint density at radius 3 is 2.23 bits per heavy atom. The first-order valence-electron chi connectivity index (χ1n) is 9.04. The van der Waals surface area contributed by atoms with Gasteiger partial charge in [-0.25, -0.2) is 8.42 Å². The molecule has 0 aliphatic heterocycles. The predicted octanol–water partition coefficient (Wildman–Crippen LogP) is 2.96. The largest absolute Gasteiger partial charge is 0.405 e. The lowest BCUT2D eigenvalue weighted by atomic mass is 10.1. The van der Waals surface area contributed by atoms with Crippen molar-refractivity contribution < 1.29 is 31.2 Å². The monoisotopic (exact) mass is 442 g/mol. The van der Waals surface area contributed by atoms with E-state index in [1.54, 1.807) is 5.32 Å². The molecule has 0 aliphatic rings. The van der Waals surface area contributed by atoms with Gasteiger partial charge in [0.05, 0.1) is 17.0 Å². The number of carbonyl (C=O) groups is 2. The zero-order valence-corrected chi connectivity index (χ0v) is 16.7. The number of para-hydroxylation sites is 1. The van der Waals surface area contributed by atoms with E-state index in [1.165, 1.54) is 24.3 Å². The fraction of sp³-hybridized carbons (Fsp3) is 0.300. The van der Waals surface area contributed by atoms with Gasteiger partial charge in [-0.05, 0) is 30.5 Å². The molecule has 2 aromatic carbocycles. The van der Waals surface area contributed by atoms with E-state index in [0.29, 0.717) is 12.8 Å². The summed E-state index contributed by atoms with van der Waals surface area (Å²) in [5.74, 6) is -2.89. The van der Waals surface area contributed by atoms with E-state index in [-0.39, 0.29) is 17.0 Å². The maximum atomic E-state index is 12.3. The van der Waals surface area contributed by atoms with Gasteiger partial charge in [0.2, 0.25) is 5.91 Å². The van der Waals surface area contributed by atoms with Crippen LogP contribution in [0.3, 0.4) is 0 Å². The van der Waals surface area contributed by atoms with Crippen LogP contribution in [-0.4, -0.2) is 44.5 Å². The highest BCUT2D eigenvalue weighted by Crippen LogP contribution is 2.17. The molecule has 6 nitrogen and oxygen atoms in total. The van der Waals surface area contributed by atoms with Crippen molar-refractivity contribution in [2.75, 3.05) is 23.4 Å². The second-order valence-electron chi connectivity index (χ2n) is 6.57. The van der Waals surface area contributed by atoms with Gasteiger partial charge in [-0.15, -0.1) is 0 Å². The summed E-state index contributed by atoms with van der Waals surface area (Å²) in [5.41, 5.74) is 0.717. The van der Waals surface area contributed by atoms with Crippen LogP contribution in [0.4, 0.5) is 18.9 Å². The number of sulfone groups is 1. The molecule has 30 heavy (non-hydrogen) atoms. The lowest BCUT2D eigenvalue weighted by molar-refractivity contribution is -0.123. The number of carbonyl (C=O) groups excluding carboxylic acids is 2. The average molecular weight is 442 g/mol. The van der Waals surface area contributed by atoms with Gasteiger partial charge in [-0.3, -0.25) is 9.59 Å². The smallest absolute Gasteiger partial charge is 0.343 e. The van der Waals surface area contributed by atoms with Crippen LogP contribution in [0.25, 0.3) is 0 Å². The van der Waals surface area contributed by atoms with Crippen molar-refractivity contribution in [1.29, 1.82) is 0 Å². The Morgan fingerprint density at radius 1 is 0.933 bits per heavy atom. The normalized spacial score (nSPS) is 11.7. The summed E-state index contributed by atoms with van der Waals surface area (Å²) in [6, 6.07) is 14.7. The van der Waals surface area contributed by atoms with Crippen molar-refractivity contribution in [3.05, 3.63) is 65.7 Å².